The van der Waals surface area contributed by atoms with Gasteiger partial charge in [-0.2, -0.15) is 0 Å². The highest BCUT2D eigenvalue weighted by molar-refractivity contribution is 8.16. The minimum Gasteiger partial charge on any atom is -0.465 e. The molecule has 25 heteroatoms. The summed E-state index contributed by atoms with van der Waals surface area (Å²) in [6.45, 7) is 31.8. The van der Waals surface area contributed by atoms with E-state index in [1.54, 1.807) is 37.4 Å². The summed E-state index contributed by atoms with van der Waals surface area (Å²) in [5.74, 6) is 1.96. The number of ether oxygens (including phenoxy) is 2. The van der Waals surface area contributed by atoms with Crippen molar-refractivity contribution in [2.45, 2.75) is 366 Å². The fourth-order valence-corrected chi connectivity index (χ4v) is 15.0. The van der Waals surface area contributed by atoms with E-state index in [2.05, 4.69) is 212 Å². The number of carbonyl (C=O) groups excluding carboxylic acids is 6. The van der Waals surface area contributed by atoms with Gasteiger partial charge in [-0.3, -0.25) is 28.8 Å². The van der Waals surface area contributed by atoms with E-state index in [0.29, 0.717) is 32.4 Å². The summed E-state index contributed by atoms with van der Waals surface area (Å²) >= 11 is 7.34. The van der Waals surface area contributed by atoms with Gasteiger partial charge in [0.2, 0.25) is 23.6 Å². The van der Waals surface area contributed by atoms with E-state index >= 15 is 0 Å². The Hall–Kier alpha value is -4.48. The molecule has 0 aliphatic carbocycles. The van der Waals surface area contributed by atoms with Crippen LogP contribution in [0.4, 0.5) is 0 Å². The number of hydrogen-bond donors (Lipinski definition) is 11. The molecule has 0 fully saturated rings. The number of nitrogens with one attached hydrogen (secondary N) is 8. The number of allylic oxidation sites excluding steroid dienone is 20. The Bertz CT molecular complexity index is 2690. The van der Waals surface area contributed by atoms with Gasteiger partial charge in [-0.1, -0.05) is 303 Å². The van der Waals surface area contributed by atoms with Crippen LogP contribution in [0.2, 0.25) is 18.1 Å². The van der Waals surface area contributed by atoms with Crippen molar-refractivity contribution in [2.75, 3.05) is 138 Å². The van der Waals surface area contributed by atoms with E-state index in [-0.39, 0.29) is 212 Å². The Morgan fingerprint density at radius 2 is 0.612 bits per heavy atom. The van der Waals surface area contributed by atoms with Gasteiger partial charge in [-0.05, 0) is 186 Å². The molecule has 0 spiro atoms. The molecule has 11 N–H and O–H groups in total. The maximum Gasteiger partial charge on any atom is 0.305 e. The predicted molar refractivity (Wildman–Crippen MR) is 596 cm³/mol. The van der Waals surface area contributed by atoms with E-state index in [0.717, 1.165) is 201 Å². The van der Waals surface area contributed by atoms with Gasteiger partial charge in [0, 0.05) is 122 Å². The highest BCUT2D eigenvalue weighted by atomic mass is 32.2. The van der Waals surface area contributed by atoms with Gasteiger partial charge in [0.25, 0.3) is 0 Å². The van der Waals surface area contributed by atoms with E-state index in [1.807, 2.05) is 37.4 Å². The number of aliphatic hydroxyl groups is 3. The van der Waals surface area contributed by atoms with Crippen molar-refractivity contribution in [3.05, 3.63) is 122 Å². The molecule has 0 aromatic rings. The fraction of sp³-hybridized carbons (Fsp3) is 0.750. The second-order valence-electron chi connectivity index (χ2n) is 30.4. The van der Waals surface area contributed by atoms with Gasteiger partial charge in [-0.25, -0.2) is 0 Å². The number of rotatable bonds is 74. The molecule has 0 bridgehead atoms. The average molecular weight is 1930 g/mol. The van der Waals surface area contributed by atoms with Gasteiger partial charge in [0.15, 0.2) is 8.32 Å². The zero-order chi connectivity index (χ0) is 83.9. The topological polar surface area (TPSA) is 287 Å². The van der Waals surface area contributed by atoms with Crippen LogP contribution < -0.4 is 42.5 Å². The van der Waals surface area contributed by atoms with Crippen LogP contribution in [-0.2, 0) is 42.7 Å². The molecule has 0 radical (unpaired) electrons. The number of esters is 2. The third kappa shape index (κ3) is 112. The molecular weight excluding hydrogens is 1710 g/mol. The van der Waals surface area contributed by atoms with Crippen LogP contribution in [0, 0.1) is 10.8 Å². The summed E-state index contributed by atoms with van der Waals surface area (Å²) in [5, 5.41) is 55.0. The number of thioether (sulfide) groups is 4. The second-order valence-corrected chi connectivity index (χ2v) is 40.3. The first-order valence-corrected chi connectivity index (χ1v) is 49.6. The molecular formula is C104H222N8O12S4Si. The molecule has 0 aliphatic rings. The second kappa shape index (κ2) is 120. The minimum atomic E-state index is -2.38. The highest BCUT2D eigenvalue weighted by Crippen LogP contribution is 2.40. The summed E-state index contributed by atoms with van der Waals surface area (Å²) in [7, 11) is -2.38. The molecule has 2 atom stereocenters. The lowest BCUT2D eigenvalue weighted by Crippen LogP contribution is -2.55. The Morgan fingerprint density at radius 3 is 0.922 bits per heavy atom. The van der Waals surface area contributed by atoms with Crippen LogP contribution in [0.5, 0.6) is 0 Å². The van der Waals surface area contributed by atoms with Crippen LogP contribution in [0.3, 0.4) is 0 Å². The maximum absolute atomic E-state index is 13.7. The van der Waals surface area contributed by atoms with Crippen molar-refractivity contribution >= 4 is 90.9 Å². The number of carbonyl (C=O) groups is 6. The lowest BCUT2D eigenvalue weighted by Gasteiger charge is -2.43. The van der Waals surface area contributed by atoms with Crippen molar-refractivity contribution in [3.63, 3.8) is 0 Å². The van der Waals surface area contributed by atoms with Crippen molar-refractivity contribution in [3.8, 4) is 0 Å². The third-order valence-electron chi connectivity index (χ3n) is 17.7. The summed E-state index contributed by atoms with van der Waals surface area (Å²) in [5.41, 5.74) is -1.76. The molecule has 0 saturated carbocycles. The van der Waals surface area contributed by atoms with E-state index in [1.165, 1.54) is 0 Å². The van der Waals surface area contributed by atoms with Crippen LogP contribution in [0.1, 0.15) is 335 Å². The first kappa shape index (κ1) is 167. The Morgan fingerprint density at radius 1 is 0.333 bits per heavy atom. The largest absolute Gasteiger partial charge is 0.465 e. The van der Waals surface area contributed by atoms with Crippen LogP contribution in [0.25, 0.3) is 0 Å². The summed E-state index contributed by atoms with van der Waals surface area (Å²) in [4.78, 5) is 75.8. The molecule has 0 rings (SSSR count). The quantitative estimate of drug-likeness (QED) is 0.00887. The molecule has 0 heterocycles. The third-order valence-corrected chi connectivity index (χ3v) is 26.8. The Balaban J connectivity index is -0.000000107. The summed E-state index contributed by atoms with van der Waals surface area (Å²) < 4.78 is 17.8. The number of hydrogen-bond acceptors (Lipinski definition) is 20. The van der Waals surface area contributed by atoms with Crippen LogP contribution in [-0.4, -0.2) is 210 Å². The first-order chi connectivity index (χ1) is 54.4. The smallest absolute Gasteiger partial charge is 0.305 e. The lowest BCUT2D eigenvalue weighted by molar-refractivity contribution is -0.153. The number of unbranched alkanes of at least 4 members (excludes halogenated alkanes) is 4. The molecule has 0 aromatic carbocycles. The van der Waals surface area contributed by atoms with Gasteiger partial charge >= 0.3 is 11.9 Å². The molecule has 0 aliphatic heterocycles. The molecule has 0 unspecified atom stereocenters. The van der Waals surface area contributed by atoms with E-state index in [4.69, 9.17) is 24.1 Å². The summed E-state index contributed by atoms with van der Waals surface area (Å²) in [6, 6.07) is 0. The predicted octanol–water partition coefficient (Wildman–Crippen LogP) is 25.7. The molecule has 129 heavy (non-hydrogen) atoms. The first-order valence-electron chi connectivity index (χ1n) is 42.0. The number of amides is 4. The Labute approximate surface area is 822 Å². The van der Waals surface area contributed by atoms with Gasteiger partial charge in [-0.15, -0.1) is 47.0 Å². The maximum atomic E-state index is 13.7. The van der Waals surface area contributed by atoms with E-state index in [9.17, 15) is 33.9 Å². The summed E-state index contributed by atoms with van der Waals surface area (Å²) in [6.07, 6.45) is 60.4. The minimum absolute atomic E-state index is 0. The van der Waals surface area contributed by atoms with Crippen molar-refractivity contribution in [1.82, 2.24) is 42.5 Å². The standard InChI is InChI=1S/C47H86N4O6S2Si.C41H72N4O6S2.16CH4/c1-9-10-11-12-13-14-15-16-17-18-19-20-21-22-23-24-25-29-43(54)56-40-47(5,6)44(57-60(7,8)46(2,3)4)45(55)51-34-30-42(53)50-36-39-59-41-58-38-35-49-33-28-32-48-31-26-27-37-52;1-4-5-6-7-8-9-10-11-12-13-14-15-16-17-18-19-20-24-38(48)51-35-41(2,3)39(49)40(50)45-29-25-37(47)44-31-34-53-36-52-33-30-43-28-23-27-42-26-21-22-32-46;;;;;;;;;;;;;;;;/h10-11,13-14,16-17,19-20,22-23,44,48-49,52H,9,12,15,18,21,24-41H2,1-8H3,(H,50,53)(H,51,55);5-6,8-9,11-12,14-15,17-18,39,42-43,46,49H,4,7,10,13,16,19-36H2,1-3H3,(H,44,47)(H,45,50);16*1H4/b11-10-,14-13-,17-16-,20-19-,23-22-;6-5-,9-8-,12-11-,15-14-,18-17-;;;;;;;;;;;;;;;;/t44-;39-;;;;;;;;;;;;;;;;/m00................/s1. The zero-order valence-electron chi connectivity index (χ0n) is 71.9. The van der Waals surface area contributed by atoms with Gasteiger partial charge < -0.3 is 71.8 Å². The molecule has 20 nitrogen and oxygen atoms in total. The molecule has 0 saturated heterocycles. The lowest BCUT2D eigenvalue weighted by atomic mass is 9.87. The molecule has 4 amide bonds. The monoisotopic (exact) mass is 1930 g/mol. The van der Waals surface area contributed by atoms with Gasteiger partial charge in [0.05, 0.1) is 13.2 Å². The average Bonchev–Trinajstić information content (AvgIpc) is 0.796. The molecule has 0 aromatic heterocycles. The van der Waals surface area contributed by atoms with Crippen molar-refractivity contribution < 1.29 is 58.0 Å². The van der Waals surface area contributed by atoms with Crippen LogP contribution >= 0.6 is 47.0 Å². The van der Waals surface area contributed by atoms with E-state index < -0.39 is 37.3 Å². The van der Waals surface area contributed by atoms with Crippen molar-refractivity contribution in [1.29, 1.82) is 0 Å². The fourth-order valence-electron chi connectivity index (χ4n) is 9.72. The van der Waals surface area contributed by atoms with Crippen molar-refractivity contribution in [2.24, 2.45) is 10.8 Å². The van der Waals surface area contributed by atoms with Crippen LogP contribution in [0.15, 0.2) is 122 Å². The Kier molecular flexibility index (Phi) is 155. The molecule has 778 valence electrons. The normalized spacial score (nSPS) is 11.6. The SMILES string of the molecule is C.C.C.C.C.C.C.C.C.C.C.C.C.C.C.C.CC/C=C\C/C=C\C/C=C\C/C=C\C/C=C\CCCC(=O)OCC(C)(C)[C@@H](O)C(=O)NCCC(=O)NCCSCSCCNCCCNCCCCO.CC/C=C\C/C=C\C/C=C\C/C=C\C/C=C\CCCC(=O)OCC(C)(C)[C@@H](O[Si](C)(C)C(C)(C)C)C(=O)NCCC(=O)NCCSCSCCNCCCNCCCCO. The van der Waals surface area contributed by atoms with Gasteiger partial charge in [0.1, 0.15) is 12.2 Å². The number of aliphatic hydroxyl groups excluding tert-OH is 3. The zero-order valence-corrected chi connectivity index (χ0v) is 76.1. The highest BCUT2D eigenvalue weighted by Gasteiger charge is 2.46.